The standard InChI is InChI=1S/C11H14N4O2/c12-8-9-5-7-14-15-11(9)13-6-3-1-2-4-10(16)17/h5,7H,1-4,6H2,(H,13,15)(H,16,17). The van der Waals surface area contributed by atoms with Gasteiger partial charge in [0.15, 0.2) is 5.82 Å². The molecule has 1 heterocycles. The van der Waals surface area contributed by atoms with Crippen LogP contribution in [-0.2, 0) is 4.79 Å². The fourth-order valence-corrected chi connectivity index (χ4v) is 1.34. The van der Waals surface area contributed by atoms with Crippen molar-refractivity contribution in [3.8, 4) is 6.07 Å². The number of aromatic nitrogens is 2. The van der Waals surface area contributed by atoms with Crippen LogP contribution in [0.4, 0.5) is 5.82 Å². The lowest BCUT2D eigenvalue weighted by Crippen LogP contribution is -2.06. The van der Waals surface area contributed by atoms with Gasteiger partial charge in [-0.2, -0.15) is 10.4 Å². The van der Waals surface area contributed by atoms with E-state index in [0.29, 0.717) is 24.3 Å². The predicted octanol–water partition coefficient (Wildman–Crippen LogP) is 1.41. The van der Waals surface area contributed by atoms with Crippen LogP contribution in [-0.4, -0.2) is 27.8 Å². The lowest BCUT2D eigenvalue weighted by Gasteiger charge is -2.05. The quantitative estimate of drug-likeness (QED) is 0.692. The molecule has 1 aromatic rings. The van der Waals surface area contributed by atoms with Gasteiger partial charge in [0.1, 0.15) is 6.07 Å². The Labute approximate surface area is 99.3 Å². The van der Waals surface area contributed by atoms with Crippen molar-refractivity contribution in [3.05, 3.63) is 17.8 Å². The average Bonchev–Trinajstić information content (AvgIpc) is 2.33. The molecule has 17 heavy (non-hydrogen) atoms. The maximum atomic E-state index is 10.3. The van der Waals surface area contributed by atoms with Gasteiger partial charge in [0, 0.05) is 13.0 Å². The number of rotatable bonds is 7. The van der Waals surface area contributed by atoms with E-state index in [9.17, 15) is 4.79 Å². The second-order valence-corrected chi connectivity index (χ2v) is 3.54. The van der Waals surface area contributed by atoms with Crippen LogP contribution in [0.3, 0.4) is 0 Å². The zero-order chi connectivity index (χ0) is 12.5. The molecule has 0 amide bonds. The monoisotopic (exact) mass is 234 g/mol. The highest BCUT2D eigenvalue weighted by Gasteiger charge is 2.02. The van der Waals surface area contributed by atoms with Crippen molar-refractivity contribution >= 4 is 11.8 Å². The maximum absolute atomic E-state index is 10.3. The minimum absolute atomic E-state index is 0.203. The Morgan fingerprint density at radius 2 is 2.29 bits per heavy atom. The Balaban J connectivity index is 2.22. The topological polar surface area (TPSA) is 98.9 Å². The number of hydrogen-bond donors (Lipinski definition) is 2. The molecule has 6 nitrogen and oxygen atoms in total. The summed E-state index contributed by atoms with van der Waals surface area (Å²) in [6.07, 6.45) is 4.02. The first-order valence-electron chi connectivity index (χ1n) is 5.41. The van der Waals surface area contributed by atoms with Gasteiger partial charge in [-0.15, -0.1) is 5.10 Å². The van der Waals surface area contributed by atoms with Crippen LogP contribution < -0.4 is 5.32 Å². The molecule has 0 fully saturated rings. The van der Waals surface area contributed by atoms with E-state index in [0.717, 1.165) is 12.8 Å². The molecule has 0 aliphatic heterocycles. The van der Waals surface area contributed by atoms with Crippen LogP contribution in [0.15, 0.2) is 12.3 Å². The number of nitriles is 1. The minimum Gasteiger partial charge on any atom is -0.481 e. The van der Waals surface area contributed by atoms with E-state index >= 15 is 0 Å². The van der Waals surface area contributed by atoms with Crippen molar-refractivity contribution in [3.63, 3.8) is 0 Å². The Bertz CT molecular complexity index is 414. The number of nitrogens with one attached hydrogen (secondary N) is 1. The second kappa shape index (κ2) is 7.17. The highest BCUT2D eigenvalue weighted by molar-refractivity contribution is 5.66. The van der Waals surface area contributed by atoms with Crippen molar-refractivity contribution in [2.75, 3.05) is 11.9 Å². The second-order valence-electron chi connectivity index (χ2n) is 3.54. The molecule has 1 aromatic heterocycles. The van der Waals surface area contributed by atoms with E-state index in [4.69, 9.17) is 10.4 Å². The summed E-state index contributed by atoms with van der Waals surface area (Å²) in [5.74, 6) is -0.285. The van der Waals surface area contributed by atoms with Crippen molar-refractivity contribution < 1.29 is 9.90 Å². The van der Waals surface area contributed by atoms with Gasteiger partial charge in [0.25, 0.3) is 0 Å². The van der Waals surface area contributed by atoms with E-state index in [1.807, 2.05) is 6.07 Å². The third kappa shape index (κ3) is 4.93. The third-order valence-corrected chi connectivity index (χ3v) is 2.20. The van der Waals surface area contributed by atoms with Crippen molar-refractivity contribution in [1.82, 2.24) is 10.2 Å². The van der Waals surface area contributed by atoms with E-state index < -0.39 is 5.97 Å². The lowest BCUT2D eigenvalue weighted by atomic mass is 10.2. The average molecular weight is 234 g/mol. The largest absolute Gasteiger partial charge is 0.481 e. The first kappa shape index (κ1) is 12.9. The molecule has 0 saturated carbocycles. The zero-order valence-electron chi connectivity index (χ0n) is 9.39. The first-order valence-corrected chi connectivity index (χ1v) is 5.41. The van der Waals surface area contributed by atoms with Gasteiger partial charge in [-0.05, 0) is 18.9 Å². The Hall–Kier alpha value is -2.16. The van der Waals surface area contributed by atoms with Crippen LogP contribution in [0.25, 0.3) is 0 Å². The van der Waals surface area contributed by atoms with Gasteiger partial charge < -0.3 is 10.4 Å². The highest BCUT2D eigenvalue weighted by atomic mass is 16.4. The van der Waals surface area contributed by atoms with Crippen molar-refractivity contribution in [2.45, 2.75) is 25.7 Å². The molecular weight excluding hydrogens is 220 g/mol. The van der Waals surface area contributed by atoms with Gasteiger partial charge in [-0.1, -0.05) is 6.42 Å². The molecule has 0 aliphatic carbocycles. The molecule has 0 bridgehead atoms. The van der Waals surface area contributed by atoms with Crippen LogP contribution >= 0.6 is 0 Å². The summed E-state index contributed by atoms with van der Waals surface area (Å²) in [6, 6.07) is 3.62. The fraction of sp³-hybridized carbons (Fsp3) is 0.455. The molecule has 0 aromatic carbocycles. The summed E-state index contributed by atoms with van der Waals surface area (Å²) in [6.45, 7) is 0.660. The van der Waals surface area contributed by atoms with E-state index in [1.54, 1.807) is 6.07 Å². The molecule has 6 heteroatoms. The summed E-state index contributed by atoms with van der Waals surface area (Å²) in [5.41, 5.74) is 0.463. The molecule has 0 radical (unpaired) electrons. The summed E-state index contributed by atoms with van der Waals surface area (Å²) >= 11 is 0. The van der Waals surface area contributed by atoms with Crippen molar-refractivity contribution in [1.29, 1.82) is 5.26 Å². The molecule has 0 aliphatic rings. The SMILES string of the molecule is N#Cc1ccnnc1NCCCCCC(=O)O. The Kier molecular flexibility index (Phi) is 5.44. The Morgan fingerprint density at radius 1 is 1.47 bits per heavy atom. The minimum atomic E-state index is -0.765. The van der Waals surface area contributed by atoms with E-state index in [2.05, 4.69) is 15.5 Å². The number of carbonyl (C=O) groups is 1. The number of carboxylic acid groups (broad SMARTS) is 1. The molecule has 2 N–H and O–H groups in total. The number of carboxylic acids is 1. The van der Waals surface area contributed by atoms with Crippen LogP contribution in [0, 0.1) is 11.3 Å². The lowest BCUT2D eigenvalue weighted by molar-refractivity contribution is -0.137. The molecule has 1 rings (SSSR count). The molecule has 0 unspecified atom stereocenters. The van der Waals surface area contributed by atoms with Gasteiger partial charge in [0.05, 0.1) is 11.8 Å². The summed E-state index contributed by atoms with van der Waals surface area (Å²) in [5, 5.41) is 27.8. The molecule has 90 valence electrons. The fourth-order valence-electron chi connectivity index (χ4n) is 1.34. The number of nitrogens with zero attached hydrogens (tertiary/aromatic N) is 3. The molecular formula is C11H14N4O2. The van der Waals surface area contributed by atoms with Crippen LogP contribution in [0.1, 0.15) is 31.2 Å². The van der Waals surface area contributed by atoms with Gasteiger partial charge in [0.2, 0.25) is 0 Å². The number of unbranched alkanes of at least 4 members (excludes halogenated alkanes) is 2. The molecule has 0 spiro atoms. The predicted molar refractivity (Wildman–Crippen MR) is 61.3 cm³/mol. The zero-order valence-corrected chi connectivity index (χ0v) is 9.39. The normalized spacial score (nSPS) is 9.59. The Morgan fingerprint density at radius 3 is 3.00 bits per heavy atom. The number of aliphatic carboxylic acids is 1. The number of hydrogen-bond acceptors (Lipinski definition) is 5. The van der Waals surface area contributed by atoms with Crippen molar-refractivity contribution in [2.24, 2.45) is 0 Å². The summed E-state index contributed by atoms with van der Waals surface area (Å²) in [7, 11) is 0. The highest BCUT2D eigenvalue weighted by Crippen LogP contribution is 2.08. The van der Waals surface area contributed by atoms with Gasteiger partial charge in [-0.3, -0.25) is 4.79 Å². The van der Waals surface area contributed by atoms with E-state index in [1.165, 1.54) is 6.20 Å². The summed E-state index contributed by atoms with van der Waals surface area (Å²) in [4.78, 5) is 10.3. The molecule has 0 saturated heterocycles. The smallest absolute Gasteiger partial charge is 0.303 e. The number of anilines is 1. The summed E-state index contributed by atoms with van der Waals surface area (Å²) < 4.78 is 0. The van der Waals surface area contributed by atoms with Gasteiger partial charge in [-0.25, -0.2) is 0 Å². The first-order chi connectivity index (χ1) is 8.24. The van der Waals surface area contributed by atoms with Gasteiger partial charge >= 0.3 is 5.97 Å². The van der Waals surface area contributed by atoms with Crippen LogP contribution in [0.2, 0.25) is 0 Å². The third-order valence-electron chi connectivity index (χ3n) is 2.20. The maximum Gasteiger partial charge on any atom is 0.303 e. The van der Waals surface area contributed by atoms with E-state index in [-0.39, 0.29) is 6.42 Å². The molecule has 0 atom stereocenters. The van der Waals surface area contributed by atoms with Crippen LogP contribution in [0.5, 0.6) is 0 Å².